The smallest absolute Gasteiger partial charge is 0.312 e. The second kappa shape index (κ2) is 11.5. The van der Waals surface area contributed by atoms with Gasteiger partial charge in [0.1, 0.15) is 11.6 Å². The zero-order valence-electron chi connectivity index (χ0n) is 20.2. The normalized spacial score (nSPS) is 29.9. The molecule has 1 spiro atoms. The summed E-state index contributed by atoms with van der Waals surface area (Å²) in [6.07, 6.45) is 7.61. The van der Waals surface area contributed by atoms with Gasteiger partial charge in [0.15, 0.2) is 0 Å². The zero-order chi connectivity index (χ0) is 24.0. The third-order valence-corrected chi connectivity index (χ3v) is 7.34. The monoisotopic (exact) mass is 464 g/mol. The summed E-state index contributed by atoms with van der Waals surface area (Å²) in [5, 5.41) is 9.04. The lowest BCUT2D eigenvalue weighted by molar-refractivity contribution is -0.155. The number of unbranched alkanes of at least 4 members (excludes halogenated alkanes) is 4. The third-order valence-electron chi connectivity index (χ3n) is 7.34. The molecule has 3 aliphatic rings. The number of amides is 2. The van der Waals surface area contributed by atoms with Crippen LogP contribution in [0.2, 0.25) is 0 Å². The SMILES string of the molecule is C=CCN(CCCC)C(=O)[C@H]1N(CCCCCCO)C(=O)[C@@H]2[C@@H](C(=O)OCC)[C@H]3CC[C@]21O3. The molecule has 33 heavy (non-hydrogen) atoms. The molecule has 8 nitrogen and oxygen atoms in total. The van der Waals surface area contributed by atoms with Crippen molar-refractivity contribution in [3.05, 3.63) is 12.7 Å². The van der Waals surface area contributed by atoms with Crippen molar-refractivity contribution >= 4 is 17.8 Å². The lowest BCUT2D eigenvalue weighted by atomic mass is 9.70. The van der Waals surface area contributed by atoms with Crippen LogP contribution in [0.5, 0.6) is 0 Å². The highest BCUT2D eigenvalue weighted by Crippen LogP contribution is 2.58. The third kappa shape index (κ3) is 4.83. The van der Waals surface area contributed by atoms with E-state index in [1.165, 1.54) is 0 Å². The molecule has 1 N–H and O–H groups in total. The minimum Gasteiger partial charge on any atom is -0.466 e. The number of carbonyl (C=O) groups is 3. The molecule has 2 amide bonds. The largest absolute Gasteiger partial charge is 0.466 e. The molecule has 0 aliphatic carbocycles. The molecule has 186 valence electrons. The standard InChI is InChI=1S/C25H40N2O6/c1-4-7-15-26(14-5-2)23(30)21-25-13-12-18(33-25)19(24(31)32-6-3)20(25)22(29)27(21)16-10-8-9-11-17-28/h5,18-21,28H,2,4,6-17H2,1,3H3/t18-,19+,20+,21-,25+/m1/s1. The van der Waals surface area contributed by atoms with Crippen LogP contribution in [0.4, 0.5) is 0 Å². The highest BCUT2D eigenvalue weighted by atomic mass is 16.6. The maximum absolute atomic E-state index is 13.9. The Hall–Kier alpha value is -1.93. The molecule has 0 aromatic rings. The van der Waals surface area contributed by atoms with Gasteiger partial charge in [-0.1, -0.05) is 32.3 Å². The first-order valence-electron chi connectivity index (χ1n) is 12.6. The van der Waals surface area contributed by atoms with Gasteiger partial charge in [0.2, 0.25) is 11.8 Å². The average Bonchev–Trinajstić information content (AvgIpc) is 3.44. The van der Waals surface area contributed by atoms with Crippen LogP contribution in [-0.2, 0) is 23.9 Å². The van der Waals surface area contributed by atoms with E-state index in [9.17, 15) is 14.4 Å². The maximum Gasteiger partial charge on any atom is 0.312 e. The average molecular weight is 465 g/mol. The Balaban J connectivity index is 1.90. The minimum absolute atomic E-state index is 0.111. The summed E-state index contributed by atoms with van der Waals surface area (Å²) >= 11 is 0. The van der Waals surface area contributed by atoms with Crippen molar-refractivity contribution in [2.75, 3.05) is 32.8 Å². The first-order chi connectivity index (χ1) is 16.0. The van der Waals surface area contributed by atoms with E-state index in [0.29, 0.717) is 32.5 Å². The fourth-order valence-corrected chi connectivity index (χ4v) is 5.90. The summed E-state index contributed by atoms with van der Waals surface area (Å²) in [7, 11) is 0. The molecule has 8 heteroatoms. The van der Waals surface area contributed by atoms with E-state index in [0.717, 1.165) is 38.5 Å². The second-order valence-electron chi connectivity index (χ2n) is 9.40. The number of ether oxygens (including phenoxy) is 2. The van der Waals surface area contributed by atoms with E-state index < -0.39 is 29.4 Å². The number of rotatable bonds is 14. The van der Waals surface area contributed by atoms with Crippen molar-refractivity contribution in [2.45, 2.75) is 83.0 Å². The van der Waals surface area contributed by atoms with Gasteiger partial charge < -0.3 is 24.4 Å². The molecular weight excluding hydrogens is 424 g/mol. The number of likely N-dealkylation sites (tertiary alicyclic amines) is 1. The Morgan fingerprint density at radius 1 is 1.27 bits per heavy atom. The van der Waals surface area contributed by atoms with Crippen LogP contribution < -0.4 is 0 Å². The second-order valence-corrected chi connectivity index (χ2v) is 9.40. The number of carbonyl (C=O) groups excluding carboxylic acids is 3. The van der Waals surface area contributed by atoms with Crippen molar-refractivity contribution in [1.29, 1.82) is 0 Å². The van der Waals surface area contributed by atoms with Gasteiger partial charge in [-0.15, -0.1) is 6.58 Å². The topological polar surface area (TPSA) is 96.4 Å². The summed E-state index contributed by atoms with van der Waals surface area (Å²) in [6, 6.07) is -0.728. The van der Waals surface area contributed by atoms with Crippen LogP contribution in [0.3, 0.4) is 0 Å². The molecule has 0 aromatic heterocycles. The van der Waals surface area contributed by atoms with Gasteiger partial charge in [-0.05, 0) is 39.0 Å². The van der Waals surface area contributed by atoms with Crippen LogP contribution in [-0.4, -0.2) is 83.3 Å². The number of aliphatic hydroxyl groups is 1. The number of hydrogen-bond acceptors (Lipinski definition) is 6. The Labute approximate surface area is 197 Å². The van der Waals surface area contributed by atoms with Crippen LogP contribution in [0.25, 0.3) is 0 Å². The minimum atomic E-state index is -0.965. The van der Waals surface area contributed by atoms with Gasteiger partial charge in [-0.3, -0.25) is 14.4 Å². The molecule has 0 aromatic carbocycles. The molecule has 3 heterocycles. The first-order valence-corrected chi connectivity index (χ1v) is 12.6. The van der Waals surface area contributed by atoms with E-state index >= 15 is 0 Å². The van der Waals surface area contributed by atoms with Crippen molar-refractivity contribution in [3.8, 4) is 0 Å². The number of hydrogen-bond donors (Lipinski definition) is 1. The summed E-state index contributed by atoms with van der Waals surface area (Å²) in [5.74, 6) is -1.99. The molecule has 0 saturated carbocycles. The van der Waals surface area contributed by atoms with Crippen molar-refractivity contribution in [2.24, 2.45) is 11.8 Å². The van der Waals surface area contributed by atoms with Gasteiger partial charge >= 0.3 is 5.97 Å². The molecule has 0 unspecified atom stereocenters. The highest BCUT2D eigenvalue weighted by Gasteiger charge is 2.74. The van der Waals surface area contributed by atoms with Crippen molar-refractivity contribution in [1.82, 2.24) is 9.80 Å². The fourth-order valence-electron chi connectivity index (χ4n) is 5.90. The molecular formula is C25H40N2O6. The predicted molar refractivity (Wildman–Crippen MR) is 123 cm³/mol. The molecule has 3 rings (SSSR count). The molecule has 3 saturated heterocycles. The molecule has 5 atom stereocenters. The van der Waals surface area contributed by atoms with Crippen molar-refractivity contribution < 1.29 is 29.0 Å². The lowest BCUT2D eigenvalue weighted by Crippen LogP contribution is -2.56. The first kappa shape index (κ1) is 25.7. The lowest BCUT2D eigenvalue weighted by Gasteiger charge is -2.36. The highest BCUT2D eigenvalue weighted by molar-refractivity contribution is 5.98. The zero-order valence-corrected chi connectivity index (χ0v) is 20.2. The summed E-state index contributed by atoms with van der Waals surface area (Å²) in [5.41, 5.74) is -0.965. The molecule has 3 fully saturated rings. The van der Waals surface area contributed by atoms with Crippen LogP contribution in [0.1, 0.15) is 65.2 Å². The van der Waals surface area contributed by atoms with E-state index in [4.69, 9.17) is 14.6 Å². The van der Waals surface area contributed by atoms with E-state index in [2.05, 4.69) is 13.5 Å². The predicted octanol–water partition coefficient (Wildman–Crippen LogP) is 2.29. The Kier molecular flexibility index (Phi) is 8.93. The Morgan fingerprint density at radius 2 is 2.03 bits per heavy atom. The number of esters is 1. The van der Waals surface area contributed by atoms with Gasteiger partial charge in [0.25, 0.3) is 0 Å². The van der Waals surface area contributed by atoms with Gasteiger partial charge in [-0.2, -0.15) is 0 Å². The van der Waals surface area contributed by atoms with Crippen LogP contribution in [0, 0.1) is 11.8 Å². The Morgan fingerprint density at radius 3 is 2.70 bits per heavy atom. The van der Waals surface area contributed by atoms with Crippen LogP contribution in [0.15, 0.2) is 12.7 Å². The fraction of sp³-hybridized carbons (Fsp3) is 0.800. The number of nitrogens with zero attached hydrogens (tertiary/aromatic N) is 2. The van der Waals surface area contributed by atoms with Gasteiger partial charge in [-0.25, -0.2) is 0 Å². The maximum atomic E-state index is 13.9. The quantitative estimate of drug-likeness (QED) is 0.241. The number of fused-ring (bicyclic) bond motifs is 1. The van der Waals surface area contributed by atoms with Crippen molar-refractivity contribution in [3.63, 3.8) is 0 Å². The van der Waals surface area contributed by atoms with Crippen LogP contribution >= 0.6 is 0 Å². The van der Waals surface area contributed by atoms with E-state index in [-0.39, 0.29) is 31.1 Å². The van der Waals surface area contributed by atoms with E-state index in [1.807, 2.05) is 0 Å². The summed E-state index contributed by atoms with van der Waals surface area (Å²) in [6.45, 7) is 9.50. The Bertz CT molecular complexity index is 728. The molecule has 2 bridgehead atoms. The van der Waals surface area contributed by atoms with Gasteiger partial charge in [0, 0.05) is 26.2 Å². The number of aliphatic hydroxyl groups excluding tert-OH is 1. The molecule has 0 radical (unpaired) electrons. The summed E-state index contributed by atoms with van der Waals surface area (Å²) in [4.78, 5) is 43.9. The molecule has 3 aliphatic heterocycles. The van der Waals surface area contributed by atoms with Gasteiger partial charge in [0.05, 0.1) is 24.5 Å². The van der Waals surface area contributed by atoms with E-state index in [1.54, 1.807) is 22.8 Å². The summed E-state index contributed by atoms with van der Waals surface area (Å²) < 4.78 is 11.7.